The van der Waals surface area contributed by atoms with Crippen molar-refractivity contribution in [3.8, 4) is 0 Å². The van der Waals surface area contributed by atoms with Crippen LogP contribution in [-0.4, -0.2) is 26.1 Å². The molecule has 0 rings (SSSR count). The zero-order valence-corrected chi connectivity index (χ0v) is 7.77. The monoisotopic (exact) mass is 210 g/mol. The highest BCUT2D eigenvalue weighted by Crippen LogP contribution is 2.28. The molecule has 0 aliphatic rings. The topological polar surface area (TPSA) is 57.5 Å². The van der Waals surface area contributed by atoms with Gasteiger partial charge in [-0.2, -0.15) is 0 Å². The lowest BCUT2D eigenvalue weighted by atomic mass is 9.96. The highest BCUT2D eigenvalue weighted by atomic mass is 79.9. The van der Waals surface area contributed by atoms with Crippen LogP contribution in [0.4, 0.5) is 0 Å². The van der Waals surface area contributed by atoms with Crippen molar-refractivity contribution in [3.63, 3.8) is 0 Å². The minimum absolute atomic E-state index is 0.477. The van der Waals surface area contributed by atoms with Gasteiger partial charge < -0.3 is 10.2 Å². The summed E-state index contributed by atoms with van der Waals surface area (Å²) < 4.78 is -1.56. The molecule has 0 aromatic rings. The molecule has 3 nitrogen and oxygen atoms in total. The number of carbonyl (C=O) groups excluding carboxylic acids is 1. The Kier molecular flexibility index (Phi) is 2.62. The van der Waals surface area contributed by atoms with Crippen molar-refractivity contribution >= 4 is 21.7 Å². The van der Waals surface area contributed by atoms with Crippen LogP contribution >= 0.6 is 15.9 Å². The van der Waals surface area contributed by atoms with Crippen molar-refractivity contribution in [2.45, 2.75) is 30.9 Å². The molecule has 0 heterocycles. The first-order valence-electron chi connectivity index (χ1n) is 2.84. The number of rotatable bonds is 2. The molecular weight excluding hydrogens is 200 g/mol. The van der Waals surface area contributed by atoms with Crippen molar-refractivity contribution in [1.29, 1.82) is 0 Å². The number of hydrogen-bond donors (Lipinski definition) is 2. The molecule has 0 bridgehead atoms. The van der Waals surface area contributed by atoms with E-state index in [1.165, 1.54) is 20.8 Å². The third-order valence-electron chi connectivity index (χ3n) is 1.57. The number of carbonyl (C=O) groups is 1. The van der Waals surface area contributed by atoms with Gasteiger partial charge in [0.05, 0.1) is 0 Å². The van der Waals surface area contributed by atoms with Crippen LogP contribution in [0.15, 0.2) is 0 Å². The van der Waals surface area contributed by atoms with Crippen LogP contribution in [0.25, 0.3) is 0 Å². The number of Topliss-reactive ketones (excluding diaryl/α,β-unsaturated/α-hetero) is 1. The second-order valence-electron chi connectivity index (χ2n) is 2.58. The first-order chi connectivity index (χ1) is 4.19. The molecule has 60 valence electrons. The van der Waals surface area contributed by atoms with Gasteiger partial charge in [0.1, 0.15) is 0 Å². The van der Waals surface area contributed by atoms with Gasteiger partial charge in [-0.15, -0.1) is 0 Å². The van der Waals surface area contributed by atoms with Gasteiger partial charge in [0.2, 0.25) is 0 Å². The van der Waals surface area contributed by atoms with E-state index in [4.69, 9.17) is 5.11 Å². The molecule has 0 saturated carbocycles. The highest BCUT2D eigenvalue weighted by Gasteiger charge is 2.43. The molecule has 2 atom stereocenters. The summed E-state index contributed by atoms with van der Waals surface area (Å²) in [5, 5.41) is 18.4. The van der Waals surface area contributed by atoms with Crippen molar-refractivity contribution in [2.75, 3.05) is 0 Å². The standard InChI is InChI=1S/C6H11BrO3/c1-4(8)5(2,9)6(3,7)10/h9-10H,1-3H3/t5-,6-/m1/s1. The molecule has 0 aliphatic heterocycles. The van der Waals surface area contributed by atoms with Crippen LogP contribution in [0, 0.1) is 0 Å². The molecule has 10 heavy (non-hydrogen) atoms. The third-order valence-corrected chi connectivity index (χ3v) is 2.35. The molecule has 0 saturated heterocycles. The zero-order chi connectivity index (χ0) is 8.58. The molecule has 0 amide bonds. The Labute approximate surface area is 68.2 Å². The fraction of sp³-hybridized carbons (Fsp3) is 0.833. The largest absolute Gasteiger partial charge is 0.378 e. The summed E-state index contributed by atoms with van der Waals surface area (Å²) in [6.45, 7) is 3.79. The van der Waals surface area contributed by atoms with E-state index >= 15 is 0 Å². The van der Waals surface area contributed by atoms with E-state index in [0.717, 1.165) is 0 Å². The average Bonchev–Trinajstić information content (AvgIpc) is 1.62. The Morgan fingerprint density at radius 3 is 1.70 bits per heavy atom. The molecule has 0 aliphatic carbocycles. The van der Waals surface area contributed by atoms with Gasteiger partial charge in [0.25, 0.3) is 0 Å². The van der Waals surface area contributed by atoms with E-state index in [1.54, 1.807) is 0 Å². The van der Waals surface area contributed by atoms with Gasteiger partial charge in [-0.25, -0.2) is 0 Å². The third kappa shape index (κ3) is 1.78. The molecule has 0 aromatic heterocycles. The Balaban J connectivity index is 4.57. The second-order valence-corrected chi connectivity index (χ2v) is 4.13. The lowest BCUT2D eigenvalue weighted by Crippen LogP contribution is -2.50. The fourth-order valence-electron chi connectivity index (χ4n) is 0.321. The second kappa shape index (κ2) is 2.60. The Hall–Kier alpha value is 0.0700. The number of alkyl halides is 1. The quantitative estimate of drug-likeness (QED) is 0.651. The summed E-state index contributed by atoms with van der Waals surface area (Å²) in [5.41, 5.74) is -1.73. The van der Waals surface area contributed by atoms with E-state index in [1.807, 2.05) is 0 Å². The van der Waals surface area contributed by atoms with E-state index in [-0.39, 0.29) is 0 Å². The minimum atomic E-state index is -1.73. The Bertz CT molecular complexity index is 146. The zero-order valence-electron chi connectivity index (χ0n) is 6.18. The van der Waals surface area contributed by atoms with E-state index in [2.05, 4.69) is 15.9 Å². The van der Waals surface area contributed by atoms with E-state index < -0.39 is 15.9 Å². The van der Waals surface area contributed by atoms with E-state index in [9.17, 15) is 9.90 Å². The molecule has 4 heteroatoms. The maximum Gasteiger partial charge on any atom is 0.164 e. The average molecular weight is 211 g/mol. The summed E-state index contributed by atoms with van der Waals surface area (Å²) in [4.78, 5) is 10.7. The Morgan fingerprint density at radius 2 is 1.70 bits per heavy atom. The predicted molar refractivity (Wildman–Crippen MR) is 40.9 cm³/mol. The van der Waals surface area contributed by atoms with Crippen molar-refractivity contribution < 1.29 is 15.0 Å². The minimum Gasteiger partial charge on any atom is -0.378 e. The van der Waals surface area contributed by atoms with Crippen molar-refractivity contribution in [1.82, 2.24) is 0 Å². The molecule has 0 aromatic carbocycles. The van der Waals surface area contributed by atoms with Crippen LogP contribution in [0.3, 0.4) is 0 Å². The molecule has 0 fully saturated rings. The Morgan fingerprint density at radius 1 is 1.40 bits per heavy atom. The lowest BCUT2D eigenvalue weighted by molar-refractivity contribution is -0.146. The summed E-state index contributed by atoms with van der Waals surface area (Å²) in [6.07, 6.45) is 0. The van der Waals surface area contributed by atoms with E-state index in [0.29, 0.717) is 0 Å². The van der Waals surface area contributed by atoms with Gasteiger partial charge in [-0.05, 0) is 20.8 Å². The first-order valence-corrected chi connectivity index (χ1v) is 3.63. The maximum atomic E-state index is 10.7. The number of ketones is 1. The van der Waals surface area contributed by atoms with Crippen LogP contribution in [0.1, 0.15) is 20.8 Å². The molecular formula is C6H11BrO3. The van der Waals surface area contributed by atoms with Crippen LogP contribution < -0.4 is 0 Å². The van der Waals surface area contributed by atoms with Crippen molar-refractivity contribution in [2.24, 2.45) is 0 Å². The summed E-state index contributed by atoms with van der Waals surface area (Å²) >= 11 is 2.79. The SMILES string of the molecule is CC(=O)[C@@](C)(O)[C@@](C)(O)Br. The normalized spacial score (nSPS) is 23.0. The molecule has 0 radical (unpaired) electrons. The highest BCUT2D eigenvalue weighted by molar-refractivity contribution is 9.10. The van der Waals surface area contributed by atoms with Crippen LogP contribution in [0.2, 0.25) is 0 Å². The lowest BCUT2D eigenvalue weighted by Gasteiger charge is -2.30. The van der Waals surface area contributed by atoms with Gasteiger partial charge in [0.15, 0.2) is 15.9 Å². The summed E-state index contributed by atoms with van der Waals surface area (Å²) in [5.74, 6) is -0.477. The summed E-state index contributed by atoms with van der Waals surface area (Å²) in [7, 11) is 0. The molecule has 0 spiro atoms. The van der Waals surface area contributed by atoms with Gasteiger partial charge in [-0.1, -0.05) is 15.9 Å². The fourth-order valence-corrected chi connectivity index (χ4v) is 0.600. The summed E-state index contributed by atoms with van der Waals surface area (Å²) in [6, 6.07) is 0. The number of aliphatic hydroxyl groups is 2. The predicted octanol–water partition coefficient (Wildman–Crippen LogP) is 0.430. The first kappa shape index (κ1) is 10.1. The van der Waals surface area contributed by atoms with Gasteiger partial charge >= 0.3 is 0 Å². The van der Waals surface area contributed by atoms with Gasteiger partial charge in [0, 0.05) is 0 Å². The maximum absolute atomic E-state index is 10.7. The molecule has 0 unspecified atom stereocenters. The number of hydrogen-bond acceptors (Lipinski definition) is 3. The van der Waals surface area contributed by atoms with Crippen LogP contribution in [0.5, 0.6) is 0 Å². The molecule has 2 N–H and O–H groups in total. The van der Waals surface area contributed by atoms with Gasteiger partial charge in [-0.3, -0.25) is 4.79 Å². The smallest absolute Gasteiger partial charge is 0.164 e. The number of halogens is 1. The van der Waals surface area contributed by atoms with Crippen molar-refractivity contribution in [3.05, 3.63) is 0 Å². The van der Waals surface area contributed by atoms with Crippen LogP contribution in [-0.2, 0) is 4.79 Å².